The van der Waals surface area contributed by atoms with E-state index in [4.69, 9.17) is 9.72 Å². The molecule has 0 amide bonds. The van der Waals surface area contributed by atoms with Crippen molar-refractivity contribution < 1.29 is 9.66 Å². The van der Waals surface area contributed by atoms with E-state index in [0.29, 0.717) is 11.3 Å². The molecule has 0 unspecified atom stereocenters. The third kappa shape index (κ3) is 3.25. The van der Waals surface area contributed by atoms with Crippen molar-refractivity contribution in [2.24, 2.45) is 0 Å². The Morgan fingerprint density at radius 1 is 1.03 bits per heavy atom. The Morgan fingerprint density at radius 3 is 2.56 bits per heavy atom. The highest BCUT2D eigenvalue weighted by molar-refractivity contribution is 5.80. The number of methoxy groups -OCH3 is 1. The molecule has 0 aliphatic carbocycles. The van der Waals surface area contributed by atoms with E-state index in [-0.39, 0.29) is 23.2 Å². The van der Waals surface area contributed by atoms with Gasteiger partial charge in [-0.25, -0.2) is 9.97 Å². The van der Waals surface area contributed by atoms with Crippen LogP contribution in [0, 0.1) is 10.1 Å². The second-order valence-corrected chi connectivity index (χ2v) is 7.19. The van der Waals surface area contributed by atoms with Gasteiger partial charge in [0.15, 0.2) is 0 Å². The molecule has 2 heterocycles. The number of nitro groups is 1. The SMILES string of the molecule is COc1ccc(-n2c(Cn3cnc4ccc([N+](=O)[O-])cc4c3=O)nc3ccccc32)cc1. The molecule has 9 heteroatoms. The van der Waals surface area contributed by atoms with E-state index in [9.17, 15) is 14.9 Å². The van der Waals surface area contributed by atoms with Crippen LogP contribution in [-0.2, 0) is 6.54 Å². The Balaban J connectivity index is 1.65. The second kappa shape index (κ2) is 7.62. The fourth-order valence-electron chi connectivity index (χ4n) is 3.73. The summed E-state index contributed by atoms with van der Waals surface area (Å²) < 4.78 is 8.64. The van der Waals surface area contributed by atoms with Crippen molar-refractivity contribution in [3.63, 3.8) is 0 Å². The fraction of sp³-hybridized carbons (Fsp3) is 0.0870. The van der Waals surface area contributed by atoms with Gasteiger partial charge < -0.3 is 4.74 Å². The van der Waals surface area contributed by atoms with E-state index in [1.165, 1.54) is 29.1 Å². The van der Waals surface area contributed by atoms with Crippen LogP contribution < -0.4 is 10.3 Å². The van der Waals surface area contributed by atoms with Gasteiger partial charge in [-0.3, -0.25) is 24.0 Å². The molecule has 0 N–H and O–H groups in total. The van der Waals surface area contributed by atoms with Gasteiger partial charge in [-0.1, -0.05) is 12.1 Å². The topological polar surface area (TPSA) is 105 Å². The minimum Gasteiger partial charge on any atom is -0.497 e. The zero-order valence-corrected chi connectivity index (χ0v) is 17.0. The monoisotopic (exact) mass is 427 g/mol. The van der Waals surface area contributed by atoms with Gasteiger partial charge in [0.05, 0.1) is 46.8 Å². The molecule has 0 saturated heterocycles. The van der Waals surface area contributed by atoms with Gasteiger partial charge in [0, 0.05) is 17.8 Å². The predicted octanol–water partition coefficient (Wildman–Crippen LogP) is 3.70. The summed E-state index contributed by atoms with van der Waals surface area (Å²) in [4.78, 5) is 32.7. The maximum absolute atomic E-state index is 13.1. The molecule has 0 bridgehead atoms. The average molecular weight is 427 g/mol. The first-order chi connectivity index (χ1) is 15.5. The number of nitrogens with zero attached hydrogens (tertiary/aromatic N) is 5. The van der Waals surface area contributed by atoms with Crippen LogP contribution in [0.5, 0.6) is 5.75 Å². The minimum absolute atomic E-state index is 0.144. The Bertz CT molecular complexity index is 1540. The molecule has 158 valence electrons. The molecule has 32 heavy (non-hydrogen) atoms. The third-order valence-electron chi connectivity index (χ3n) is 5.29. The number of rotatable bonds is 5. The van der Waals surface area contributed by atoms with Gasteiger partial charge in [0.25, 0.3) is 11.2 Å². The largest absolute Gasteiger partial charge is 0.497 e. The highest BCUT2D eigenvalue weighted by atomic mass is 16.6. The van der Waals surface area contributed by atoms with Crippen molar-refractivity contribution in [3.8, 4) is 11.4 Å². The van der Waals surface area contributed by atoms with Crippen LogP contribution in [0.15, 0.2) is 77.9 Å². The van der Waals surface area contributed by atoms with Crippen LogP contribution in [0.2, 0.25) is 0 Å². The van der Waals surface area contributed by atoms with Gasteiger partial charge in [-0.05, 0) is 42.5 Å². The Labute approximate surface area is 181 Å². The van der Waals surface area contributed by atoms with Crippen molar-refractivity contribution >= 4 is 27.6 Å². The van der Waals surface area contributed by atoms with Crippen LogP contribution in [0.1, 0.15) is 5.82 Å². The summed E-state index contributed by atoms with van der Waals surface area (Å²) in [6.07, 6.45) is 1.44. The zero-order valence-electron chi connectivity index (χ0n) is 17.0. The van der Waals surface area contributed by atoms with Crippen LogP contribution in [0.3, 0.4) is 0 Å². The maximum atomic E-state index is 13.1. The number of aromatic nitrogens is 4. The molecule has 0 aliphatic rings. The van der Waals surface area contributed by atoms with Crippen LogP contribution in [-0.4, -0.2) is 31.1 Å². The smallest absolute Gasteiger partial charge is 0.270 e. The lowest BCUT2D eigenvalue weighted by molar-refractivity contribution is -0.384. The zero-order chi connectivity index (χ0) is 22.2. The molecule has 5 rings (SSSR count). The Morgan fingerprint density at radius 2 is 1.81 bits per heavy atom. The average Bonchev–Trinajstić information content (AvgIpc) is 3.18. The summed E-state index contributed by atoms with van der Waals surface area (Å²) in [6, 6.07) is 19.3. The number of nitro benzene ring substituents is 1. The van der Waals surface area contributed by atoms with Crippen molar-refractivity contribution in [2.75, 3.05) is 7.11 Å². The quantitative estimate of drug-likeness (QED) is 0.313. The number of non-ortho nitro benzene ring substituents is 1. The molecule has 0 fully saturated rings. The van der Waals surface area contributed by atoms with E-state index in [0.717, 1.165) is 22.5 Å². The summed E-state index contributed by atoms with van der Waals surface area (Å²) in [6.45, 7) is 0.144. The van der Waals surface area contributed by atoms with E-state index >= 15 is 0 Å². The number of hydrogen-bond acceptors (Lipinski definition) is 6. The number of benzene rings is 3. The summed E-state index contributed by atoms with van der Waals surface area (Å²) in [7, 11) is 1.61. The van der Waals surface area contributed by atoms with Gasteiger partial charge in [-0.2, -0.15) is 0 Å². The fourth-order valence-corrected chi connectivity index (χ4v) is 3.73. The van der Waals surface area contributed by atoms with Gasteiger partial charge >= 0.3 is 0 Å². The lowest BCUT2D eigenvalue weighted by Gasteiger charge is -2.12. The normalized spacial score (nSPS) is 11.2. The van der Waals surface area contributed by atoms with E-state index in [1.54, 1.807) is 7.11 Å². The van der Waals surface area contributed by atoms with Gasteiger partial charge in [-0.15, -0.1) is 0 Å². The highest BCUT2D eigenvalue weighted by Gasteiger charge is 2.16. The van der Waals surface area contributed by atoms with Crippen molar-refractivity contribution in [1.29, 1.82) is 0 Å². The summed E-state index contributed by atoms with van der Waals surface area (Å²) in [5, 5.41) is 11.3. The molecule has 5 aromatic rings. The molecular formula is C23H17N5O4. The molecule has 0 spiro atoms. The van der Waals surface area contributed by atoms with Gasteiger partial charge in [0.1, 0.15) is 11.6 Å². The lowest BCUT2D eigenvalue weighted by atomic mass is 10.2. The first-order valence-electron chi connectivity index (χ1n) is 9.79. The lowest BCUT2D eigenvalue weighted by Crippen LogP contribution is -2.22. The van der Waals surface area contributed by atoms with E-state index < -0.39 is 4.92 Å². The number of imidazole rings is 1. The van der Waals surface area contributed by atoms with Crippen molar-refractivity contribution in [3.05, 3.63) is 99.3 Å². The van der Waals surface area contributed by atoms with E-state index in [2.05, 4.69) is 4.98 Å². The van der Waals surface area contributed by atoms with E-state index in [1.807, 2.05) is 53.1 Å². The molecule has 2 aromatic heterocycles. The van der Waals surface area contributed by atoms with Gasteiger partial charge in [0.2, 0.25) is 0 Å². The molecule has 9 nitrogen and oxygen atoms in total. The van der Waals surface area contributed by atoms with Crippen molar-refractivity contribution in [1.82, 2.24) is 19.1 Å². The number of para-hydroxylation sites is 2. The Hall–Kier alpha value is -4.53. The first kappa shape index (κ1) is 19.4. The number of hydrogen-bond donors (Lipinski definition) is 0. The molecule has 0 radical (unpaired) electrons. The summed E-state index contributed by atoms with van der Waals surface area (Å²) in [5.74, 6) is 1.36. The van der Waals surface area contributed by atoms with Crippen LogP contribution in [0.25, 0.3) is 27.6 Å². The maximum Gasteiger partial charge on any atom is 0.270 e. The minimum atomic E-state index is -0.528. The molecule has 0 aliphatic heterocycles. The molecule has 0 saturated carbocycles. The van der Waals surface area contributed by atoms with Crippen molar-refractivity contribution in [2.45, 2.75) is 6.54 Å². The summed E-state index contributed by atoms with van der Waals surface area (Å²) in [5.41, 5.74) is 2.43. The first-order valence-corrected chi connectivity index (χ1v) is 9.79. The molecular weight excluding hydrogens is 410 g/mol. The highest BCUT2D eigenvalue weighted by Crippen LogP contribution is 2.24. The summed E-state index contributed by atoms with van der Waals surface area (Å²) >= 11 is 0. The number of fused-ring (bicyclic) bond motifs is 2. The predicted molar refractivity (Wildman–Crippen MR) is 119 cm³/mol. The number of ether oxygens (including phenoxy) is 1. The third-order valence-corrected chi connectivity index (χ3v) is 5.29. The molecule has 0 atom stereocenters. The second-order valence-electron chi connectivity index (χ2n) is 7.19. The Kier molecular flexibility index (Phi) is 4.63. The molecule has 3 aromatic carbocycles. The standard InChI is InChI=1S/C23H17N5O4/c1-32-17-9-6-15(7-10-17)27-21-5-3-2-4-20(21)25-22(27)13-26-14-24-19-11-8-16(28(30)31)12-18(19)23(26)29/h2-12,14H,13H2,1H3. The van der Waals surface area contributed by atoms with Crippen LogP contribution in [0.4, 0.5) is 5.69 Å². The van der Waals surface area contributed by atoms with Crippen LogP contribution >= 0.6 is 0 Å².